The Bertz CT molecular complexity index is 2540. The minimum absolute atomic E-state index is 0.0953. The summed E-state index contributed by atoms with van der Waals surface area (Å²) in [7, 11) is 0. The topological polar surface area (TPSA) is 16.1 Å². The first kappa shape index (κ1) is 28.3. The molecule has 0 saturated carbocycles. The Kier molecular flexibility index (Phi) is 6.12. The third-order valence-corrected chi connectivity index (χ3v) is 11.6. The van der Waals surface area contributed by atoms with Gasteiger partial charge in [0.1, 0.15) is 5.01 Å². The molecular formula is C46H32N2S. The Morgan fingerprint density at radius 2 is 1.10 bits per heavy atom. The Morgan fingerprint density at radius 3 is 1.92 bits per heavy atom. The van der Waals surface area contributed by atoms with Gasteiger partial charge in [-0.3, -0.25) is 0 Å². The Morgan fingerprint density at radius 1 is 0.490 bits per heavy atom. The summed E-state index contributed by atoms with van der Waals surface area (Å²) in [6, 6.07) is 57.5. The molecule has 0 aliphatic heterocycles. The van der Waals surface area contributed by atoms with Crippen molar-refractivity contribution >= 4 is 39.2 Å². The third kappa shape index (κ3) is 4.29. The van der Waals surface area contributed by atoms with E-state index in [4.69, 9.17) is 4.98 Å². The van der Waals surface area contributed by atoms with E-state index in [0.29, 0.717) is 0 Å². The standard InChI is InChI=1S/C46H32N2S/c1-46(2)40-23-7-6-20-36(40)37-25-24-35(28-41(37)46)48(33-18-8-16-31(26-33)29-12-4-3-5-13-29)34-19-9-17-32(27-34)45-47-43-38-21-10-14-30-15-11-22-39(42(30)38)44(43)49-45/h3-28H,1-2H3. The number of hydrogen-bond acceptors (Lipinski definition) is 3. The molecule has 0 saturated heterocycles. The summed E-state index contributed by atoms with van der Waals surface area (Å²) in [5, 5.41) is 3.64. The van der Waals surface area contributed by atoms with E-state index in [9.17, 15) is 0 Å². The van der Waals surface area contributed by atoms with E-state index in [1.807, 2.05) is 0 Å². The van der Waals surface area contributed by atoms with Crippen LogP contribution in [0, 0.1) is 0 Å². The maximum atomic E-state index is 5.29. The van der Waals surface area contributed by atoms with E-state index in [2.05, 4.69) is 176 Å². The highest BCUT2D eigenvalue weighted by Gasteiger charge is 2.36. The molecule has 0 atom stereocenters. The van der Waals surface area contributed by atoms with Crippen LogP contribution in [0.4, 0.5) is 17.1 Å². The number of anilines is 3. The molecule has 10 rings (SSSR count). The first-order chi connectivity index (χ1) is 24.0. The largest absolute Gasteiger partial charge is 0.310 e. The van der Waals surface area contributed by atoms with Crippen molar-refractivity contribution in [2.45, 2.75) is 19.3 Å². The van der Waals surface area contributed by atoms with Crippen molar-refractivity contribution in [2.24, 2.45) is 0 Å². The summed E-state index contributed by atoms with van der Waals surface area (Å²) in [6.07, 6.45) is 0. The van der Waals surface area contributed by atoms with Crippen LogP contribution in [0.25, 0.3) is 65.3 Å². The molecular weight excluding hydrogens is 613 g/mol. The second kappa shape index (κ2) is 10.6. The molecule has 49 heavy (non-hydrogen) atoms. The number of fused-ring (bicyclic) bond motifs is 6. The first-order valence-corrected chi connectivity index (χ1v) is 17.7. The monoisotopic (exact) mass is 644 g/mol. The van der Waals surface area contributed by atoms with Crippen LogP contribution in [0.3, 0.4) is 0 Å². The van der Waals surface area contributed by atoms with Crippen LogP contribution >= 0.6 is 11.3 Å². The number of rotatable bonds is 5. The molecule has 0 N–H and O–H groups in total. The van der Waals surface area contributed by atoms with Crippen molar-refractivity contribution in [1.29, 1.82) is 0 Å². The van der Waals surface area contributed by atoms with Gasteiger partial charge in [0, 0.05) is 39.2 Å². The number of nitrogens with zero attached hydrogens (tertiary/aromatic N) is 2. The zero-order valence-electron chi connectivity index (χ0n) is 27.3. The van der Waals surface area contributed by atoms with Gasteiger partial charge in [-0.25, -0.2) is 4.98 Å². The summed E-state index contributed by atoms with van der Waals surface area (Å²) < 4.78 is 0. The van der Waals surface area contributed by atoms with Gasteiger partial charge in [-0.05, 0) is 80.6 Å². The molecule has 2 nitrogen and oxygen atoms in total. The third-order valence-electron chi connectivity index (χ3n) is 10.4. The fraction of sp³-hybridized carbons (Fsp3) is 0.0652. The maximum absolute atomic E-state index is 5.29. The molecule has 7 aromatic carbocycles. The van der Waals surface area contributed by atoms with Crippen molar-refractivity contribution in [2.75, 3.05) is 4.90 Å². The lowest BCUT2D eigenvalue weighted by molar-refractivity contribution is 0.660. The average Bonchev–Trinajstić information content (AvgIpc) is 3.79. The van der Waals surface area contributed by atoms with Gasteiger partial charge in [0.05, 0.1) is 10.6 Å². The Balaban J connectivity index is 1.12. The highest BCUT2D eigenvalue weighted by molar-refractivity contribution is 7.19. The summed E-state index contributed by atoms with van der Waals surface area (Å²) in [5.74, 6) is 0. The molecule has 0 fully saturated rings. The molecule has 232 valence electrons. The maximum Gasteiger partial charge on any atom is 0.124 e. The van der Waals surface area contributed by atoms with E-state index >= 15 is 0 Å². The lowest BCUT2D eigenvalue weighted by atomic mass is 9.82. The number of hydrogen-bond donors (Lipinski definition) is 0. The van der Waals surface area contributed by atoms with Gasteiger partial charge >= 0.3 is 0 Å². The molecule has 3 heteroatoms. The predicted octanol–water partition coefficient (Wildman–Crippen LogP) is 13.1. The van der Waals surface area contributed by atoms with Gasteiger partial charge in [-0.1, -0.05) is 135 Å². The lowest BCUT2D eigenvalue weighted by Gasteiger charge is -2.28. The van der Waals surface area contributed by atoms with Gasteiger partial charge in [0.2, 0.25) is 0 Å². The summed E-state index contributed by atoms with van der Waals surface area (Å²) in [4.78, 5) is 8.96. The number of aromatic nitrogens is 1. The van der Waals surface area contributed by atoms with Crippen molar-refractivity contribution < 1.29 is 0 Å². The predicted molar refractivity (Wildman–Crippen MR) is 207 cm³/mol. The molecule has 0 unspecified atom stereocenters. The summed E-state index contributed by atoms with van der Waals surface area (Å²) in [6.45, 7) is 4.70. The Labute approximate surface area is 290 Å². The van der Waals surface area contributed by atoms with Crippen LogP contribution in [0.2, 0.25) is 0 Å². The van der Waals surface area contributed by atoms with Crippen LogP contribution in [-0.2, 0) is 5.41 Å². The second-order valence-electron chi connectivity index (χ2n) is 13.6. The molecule has 0 bridgehead atoms. The number of thiazole rings is 1. The van der Waals surface area contributed by atoms with Gasteiger partial charge in [0.25, 0.3) is 0 Å². The van der Waals surface area contributed by atoms with E-state index in [1.165, 1.54) is 60.2 Å². The molecule has 2 aliphatic rings. The minimum Gasteiger partial charge on any atom is -0.310 e. The smallest absolute Gasteiger partial charge is 0.124 e. The molecule has 1 aromatic heterocycles. The normalized spacial score (nSPS) is 13.3. The average molecular weight is 645 g/mol. The van der Waals surface area contributed by atoms with Crippen molar-refractivity contribution in [3.63, 3.8) is 0 Å². The summed E-state index contributed by atoms with van der Waals surface area (Å²) in [5.41, 5.74) is 15.8. The second-order valence-corrected chi connectivity index (χ2v) is 14.6. The summed E-state index contributed by atoms with van der Waals surface area (Å²) >= 11 is 1.80. The van der Waals surface area contributed by atoms with E-state index in [1.54, 1.807) is 11.3 Å². The van der Waals surface area contributed by atoms with Crippen LogP contribution in [-0.4, -0.2) is 4.98 Å². The number of benzene rings is 7. The van der Waals surface area contributed by atoms with E-state index < -0.39 is 0 Å². The molecule has 2 aliphatic carbocycles. The van der Waals surface area contributed by atoms with Gasteiger partial charge in [-0.2, -0.15) is 0 Å². The fourth-order valence-corrected chi connectivity index (χ4v) is 9.16. The molecule has 0 spiro atoms. The zero-order valence-corrected chi connectivity index (χ0v) is 28.1. The highest BCUT2D eigenvalue weighted by Crippen LogP contribution is 2.53. The highest BCUT2D eigenvalue weighted by atomic mass is 32.1. The molecule has 8 aromatic rings. The van der Waals surface area contributed by atoms with Crippen molar-refractivity contribution in [3.8, 4) is 54.5 Å². The van der Waals surface area contributed by atoms with E-state index in [-0.39, 0.29) is 5.41 Å². The quantitative estimate of drug-likeness (QED) is 0.185. The van der Waals surface area contributed by atoms with E-state index in [0.717, 1.165) is 33.3 Å². The van der Waals surface area contributed by atoms with Gasteiger partial charge < -0.3 is 4.90 Å². The molecule has 0 amide bonds. The van der Waals surface area contributed by atoms with Crippen LogP contribution in [0.1, 0.15) is 25.0 Å². The fourth-order valence-electron chi connectivity index (χ4n) is 8.05. The van der Waals surface area contributed by atoms with Crippen molar-refractivity contribution in [1.82, 2.24) is 4.98 Å². The first-order valence-electron chi connectivity index (χ1n) is 16.9. The van der Waals surface area contributed by atoms with Crippen molar-refractivity contribution in [3.05, 3.63) is 169 Å². The minimum atomic E-state index is -0.0953. The van der Waals surface area contributed by atoms with Gasteiger partial charge in [-0.15, -0.1) is 11.3 Å². The molecule has 1 heterocycles. The Hall–Kier alpha value is -5.77. The van der Waals surface area contributed by atoms with Crippen LogP contribution in [0.15, 0.2) is 158 Å². The van der Waals surface area contributed by atoms with Crippen LogP contribution in [0.5, 0.6) is 0 Å². The SMILES string of the molecule is CC1(C)c2ccccc2-c2ccc(N(c3cccc(-c4ccccc4)c3)c3cccc(-c4nc5c(s4)-c4cccc6cccc-5c46)c3)cc21. The lowest BCUT2D eigenvalue weighted by Crippen LogP contribution is -2.16. The molecule has 0 radical (unpaired) electrons. The zero-order chi connectivity index (χ0) is 32.7. The van der Waals surface area contributed by atoms with Crippen LogP contribution < -0.4 is 4.90 Å². The van der Waals surface area contributed by atoms with Gasteiger partial charge in [0.15, 0.2) is 0 Å².